The van der Waals surface area contributed by atoms with Gasteiger partial charge in [-0.15, -0.1) is 0 Å². The van der Waals surface area contributed by atoms with Crippen LogP contribution in [0, 0.1) is 5.82 Å². The Morgan fingerprint density at radius 1 is 1.19 bits per heavy atom. The molecule has 1 atom stereocenters. The maximum atomic E-state index is 14.8. The monoisotopic (exact) mass is 448 g/mol. The highest BCUT2D eigenvalue weighted by Gasteiger charge is 2.36. The van der Waals surface area contributed by atoms with Gasteiger partial charge in [-0.1, -0.05) is 36.4 Å². The van der Waals surface area contributed by atoms with Gasteiger partial charge in [0.1, 0.15) is 12.3 Å². The molecule has 1 heterocycles. The highest BCUT2D eigenvalue weighted by atomic mass is 19.4. The molecule has 1 aliphatic carbocycles. The second kappa shape index (κ2) is 8.64. The van der Waals surface area contributed by atoms with Gasteiger partial charge in [0.15, 0.2) is 11.6 Å². The maximum absolute atomic E-state index is 14.8. The van der Waals surface area contributed by atoms with Crippen LogP contribution in [0.4, 0.5) is 17.6 Å². The molecule has 0 aliphatic heterocycles. The van der Waals surface area contributed by atoms with Crippen LogP contribution in [0.3, 0.4) is 0 Å². The van der Waals surface area contributed by atoms with Crippen LogP contribution < -0.4 is 4.74 Å². The molecule has 2 aromatic carbocycles. The Labute approximate surface area is 181 Å². The minimum atomic E-state index is -4.60. The summed E-state index contributed by atoms with van der Waals surface area (Å²) in [5, 5.41) is 13.1. The first-order valence-electron chi connectivity index (χ1n) is 10.1. The molecule has 0 fully saturated rings. The van der Waals surface area contributed by atoms with Gasteiger partial charge in [-0.25, -0.2) is 4.39 Å². The summed E-state index contributed by atoms with van der Waals surface area (Å²) in [4.78, 5) is 11.0. The van der Waals surface area contributed by atoms with Crippen LogP contribution in [0.1, 0.15) is 35.6 Å². The molecule has 0 amide bonds. The number of rotatable bonds is 7. The molecule has 0 saturated heterocycles. The van der Waals surface area contributed by atoms with E-state index >= 15 is 0 Å². The summed E-state index contributed by atoms with van der Waals surface area (Å²) in [7, 11) is 0. The van der Waals surface area contributed by atoms with Crippen LogP contribution in [-0.2, 0) is 23.9 Å². The number of fused-ring (bicyclic) bond motifs is 1. The molecule has 168 valence electrons. The number of nitrogens with zero attached hydrogens (tertiary/aromatic N) is 2. The van der Waals surface area contributed by atoms with Gasteiger partial charge in [-0.2, -0.15) is 18.3 Å². The van der Waals surface area contributed by atoms with Gasteiger partial charge < -0.3 is 9.84 Å². The number of alkyl halides is 3. The SMILES string of the molecule is O=C(O)CC1CCc2c1ccc(OCCn1nc(-c3ccccc3)cc1C(F)(F)F)c2F. The van der Waals surface area contributed by atoms with Gasteiger partial charge in [-0.3, -0.25) is 9.48 Å². The molecular formula is C23H20F4N2O3. The lowest BCUT2D eigenvalue weighted by molar-refractivity contribution is -0.144. The van der Waals surface area contributed by atoms with Crippen molar-refractivity contribution >= 4 is 5.97 Å². The molecule has 32 heavy (non-hydrogen) atoms. The predicted octanol–water partition coefficient (Wildman–Crippen LogP) is 5.29. The van der Waals surface area contributed by atoms with E-state index in [1.54, 1.807) is 36.4 Å². The van der Waals surface area contributed by atoms with Crippen molar-refractivity contribution in [2.24, 2.45) is 0 Å². The van der Waals surface area contributed by atoms with Crippen molar-refractivity contribution in [2.75, 3.05) is 6.61 Å². The van der Waals surface area contributed by atoms with E-state index in [0.29, 0.717) is 29.5 Å². The molecule has 3 aromatic rings. The average Bonchev–Trinajstić information content (AvgIpc) is 3.35. The summed E-state index contributed by atoms with van der Waals surface area (Å²) in [6.07, 6.45) is -3.74. The summed E-state index contributed by atoms with van der Waals surface area (Å²) >= 11 is 0. The zero-order valence-electron chi connectivity index (χ0n) is 16.9. The van der Waals surface area contributed by atoms with Crippen molar-refractivity contribution < 1.29 is 32.2 Å². The number of hydrogen-bond acceptors (Lipinski definition) is 3. The first-order chi connectivity index (χ1) is 15.2. The molecule has 9 heteroatoms. The van der Waals surface area contributed by atoms with Crippen molar-refractivity contribution in [3.8, 4) is 17.0 Å². The topological polar surface area (TPSA) is 64.3 Å². The number of carbonyl (C=O) groups is 1. The smallest absolute Gasteiger partial charge is 0.433 e. The zero-order valence-corrected chi connectivity index (χ0v) is 16.9. The largest absolute Gasteiger partial charge is 0.489 e. The number of aromatic nitrogens is 2. The third-order valence-corrected chi connectivity index (χ3v) is 5.55. The average molecular weight is 448 g/mol. The molecule has 0 bridgehead atoms. The number of carboxylic acids is 1. The highest BCUT2D eigenvalue weighted by molar-refractivity contribution is 5.68. The minimum absolute atomic E-state index is 0.0660. The maximum Gasteiger partial charge on any atom is 0.433 e. The van der Waals surface area contributed by atoms with E-state index in [-0.39, 0.29) is 36.9 Å². The number of aliphatic carboxylic acids is 1. The van der Waals surface area contributed by atoms with Gasteiger partial charge in [-0.05, 0) is 42.0 Å². The zero-order chi connectivity index (χ0) is 22.9. The normalized spacial score (nSPS) is 15.6. The lowest BCUT2D eigenvalue weighted by Gasteiger charge is -2.14. The van der Waals surface area contributed by atoms with Gasteiger partial charge in [0, 0.05) is 5.56 Å². The molecule has 1 unspecified atom stereocenters. The first-order valence-corrected chi connectivity index (χ1v) is 10.1. The molecule has 0 radical (unpaired) electrons. The quantitative estimate of drug-likeness (QED) is 0.499. The van der Waals surface area contributed by atoms with Crippen LogP contribution in [0.15, 0.2) is 48.5 Å². The number of hydrogen-bond donors (Lipinski definition) is 1. The summed E-state index contributed by atoms with van der Waals surface area (Å²) in [6.45, 7) is -0.437. The number of ether oxygens (including phenoxy) is 1. The predicted molar refractivity (Wildman–Crippen MR) is 108 cm³/mol. The third-order valence-electron chi connectivity index (χ3n) is 5.55. The van der Waals surface area contributed by atoms with Crippen molar-refractivity contribution in [1.29, 1.82) is 0 Å². The van der Waals surface area contributed by atoms with Crippen LogP contribution in [0.5, 0.6) is 5.75 Å². The molecule has 0 saturated carbocycles. The molecule has 1 aromatic heterocycles. The summed E-state index contributed by atoms with van der Waals surface area (Å²) in [5.74, 6) is -1.85. The van der Waals surface area contributed by atoms with E-state index in [0.717, 1.165) is 10.7 Å². The lowest BCUT2D eigenvalue weighted by atomic mass is 9.98. The van der Waals surface area contributed by atoms with Gasteiger partial charge in [0.2, 0.25) is 0 Å². The van der Waals surface area contributed by atoms with E-state index in [2.05, 4.69) is 5.10 Å². The van der Waals surface area contributed by atoms with Crippen LogP contribution in [0.25, 0.3) is 11.3 Å². The first kappa shape index (κ1) is 21.9. The van der Waals surface area contributed by atoms with Crippen molar-refractivity contribution in [3.63, 3.8) is 0 Å². The fraction of sp³-hybridized carbons (Fsp3) is 0.304. The Morgan fingerprint density at radius 3 is 2.62 bits per heavy atom. The van der Waals surface area contributed by atoms with E-state index in [9.17, 15) is 22.4 Å². The van der Waals surface area contributed by atoms with Crippen molar-refractivity contribution in [3.05, 3.63) is 71.2 Å². The van der Waals surface area contributed by atoms with Gasteiger partial charge >= 0.3 is 12.1 Å². The molecule has 4 rings (SSSR count). The molecule has 1 N–H and O–H groups in total. The molecule has 1 aliphatic rings. The second-order valence-electron chi connectivity index (χ2n) is 7.63. The van der Waals surface area contributed by atoms with Crippen LogP contribution >= 0.6 is 0 Å². The van der Waals surface area contributed by atoms with Crippen molar-refractivity contribution in [2.45, 2.75) is 37.9 Å². The van der Waals surface area contributed by atoms with Crippen LogP contribution in [0.2, 0.25) is 0 Å². The van der Waals surface area contributed by atoms with E-state index in [1.165, 1.54) is 6.07 Å². The van der Waals surface area contributed by atoms with Gasteiger partial charge in [0.05, 0.1) is 18.7 Å². The van der Waals surface area contributed by atoms with Crippen LogP contribution in [-0.4, -0.2) is 27.5 Å². The highest BCUT2D eigenvalue weighted by Crippen LogP contribution is 2.39. The fourth-order valence-electron chi connectivity index (χ4n) is 4.07. The van der Waals surface area contributed by atoms with Crippen molar-refractivity contribution in [1.82, 2.24) is 9.78 Å². The number of carboxylic acid groups (broad SMARTS) is 1. The molecular weight excluding hydrogens is 428 g/mol. The Kier molecular flexibility index (Phi) is 5.90. The Hall–Kier alpha value is -3.36. The number of benzene rings is 2. The molecule has 5 nitrogen and oxygen atoms in total. The van der Waals surface area contributed by atoms with E-state index in [4.69, 9.17) is 9.84 Å². The minimum Gasteiger partial charge on any atom is -0.489 e. The Bertz CT molecular complexity index is 1130. The number of halogens is 4. The summed E-state index contributed by atoms with van der Waals surface area (Å²) in [6, 6.07) is 12.5. The Morgan fingerprint density at radius 2 is 1.94 bits per heavy atom. The standard InChI is InChI=1S/C23H20F4N2O3/c24-22-17-7-6-15(12-21(30)31)16(17)8-9-19(22)32-11-10-29-20(23(25,26)27)13-18(28-29)14-4-2-1-3-5-14/h1-5,8-9,13,15H,6-7,10-12H2,(H,30,31). The van der Waals surface area contributed by atoms with Gasteiger partial charge in [0.25, 0.3) is 0 Å². The third kappa shape index (κ3) is 4.46. The van der Waals surface area contributed by atoms with E-state index in [1.807, 2.05) is 0 Å². The summed E-state index contributed by atoms with van der Waals surface area (Å²) in [5.41, 5.74) is 0.890. The Balaban J connectivity index is 1.49. The molecule has 0 spiro atoms. The lowest BCUT2D eigenvalue weighted by Crippen LogP contribution is -2.18. The van der Waals surface area contributed by atoms with E-state index < -0.39 is 23.7 Å². The summed E-state index contributed by atoms with van der Waals surface area (Å²) < 4.78 is 61.5. The fourth-order valence-corrected chi connectivity index (χ4v) is 4.07. The second-order valence-corrected chi connectivity index (χ2v) is 7.63.